The van der Waals surface area contributed by atoms with Crippen molar-refractivity contribution in [3.63, 3.8) is 0 Å². The van der Waals surface area contributed by atoms with Gasteiger partial charge < -0.3 is 15.5 Å². The molecule has 3 N–H and O–H groups in total. The van der Waals surface area contributed by atoms with E-state index in [9.17, 15) is 0 Å². The summed E-state index contributed by atoms with van der Waals surface area (Å²) in [4.78, 5) is 0. The first-order chi connectivity index (χ1) is 6.33. The van der Waals surface area contributed by atoms with Crippen LogP contribution >= 0.6 is 11.8 Å². The molecule has 1 aliphatic rings. The molecule has 1 fully saturated rings. The fourth-order valence-electron chi connectivity index (χ4n) is 1.49. The van der Waals surface area contributed by atoms with Crippen LogP contribution in [0.25, 0.3) is 0 Å². The van der Waals surface area contributed by atoms with Crippen LogP contribution < -0.4 is 5.32 Å². The summed E-state index contributed by atoms with van der Waals surface area (Å²) in [6, 6.07) is 0. The molecule has 2 unspecified atom stereocenters. The molecule has 0 aromatic carbocycles. The Labute approximate surface area is 83.9 Å². The van der Waals surface area contributed by atoms with Crippen LogP contribution in [0.3, 0.4) is 0 Å². The highest BCUT2D eigenvalue weighted by atomic mass is 32.2. The summed E-state index contributed by atoms with van der Waals surface area (Å²) in [5.74, 6) is 2.52. The van der Waals surface area contributed by atoms with Crippen LogP contribution in [-0.4, -0.2) is 47.5 Å². The lowest BCUT2D eigenvalue weighted by Crippen LogP contribution is -2.31. The van der Waals surface area contributed by atoms with Gasteiger partial charge in [-0.1, -0.05) is 0 Å². The fraction of sp³-hybridized carbons (Fsp3) is 1.00. The molecule has 0 saturated carbocycles. The van der Waals surface area contributed by atoms with Crippen molar-refractivity contribution in [1.29, 1.82) is 0 Å². The zero-order chi connectivity index (χ0) is 9.52. The zero-order valence-electron chi connectivity index (χ0n) is 7.91. The number of aliphatic hydroxyl groups excluding tert-OH is 2. The van der Waals surface area contributed by atoms with Crippen LogP contribution in [0.2, 0.25) is 0 Å². The average Bonchev–Trinajstić information content (AvgIpc) is 2.19. The van der Waals surface area contributed by atoms with Gasteiger partial charge in [-0.25, -0.2) is 0 Å². The minimum Gasteiger partial charge on any atom is -0.394 e. The highest BCUT2D eigenvalue weighted by Gasteiger charge is 2.13. The summed E-state index contributed by atoms with van der Waals surface area (Å²) < 4.78 is 0. The van der Waals surface area contributed by atoms with Gasteiger partial charge in [0.25, 0.3) is 0 Å². The van der Waals surface area contributed by atoms with Crippen molar-refractivity contribution in [2.45, 2.75) is 18.9 Å². The van der Waals surface area contributed by atoms with Gasteiger partial charge in [-0.2, -0.15) is 11.8 Å². The smallest absolute Gasteiger partial charge is 0.0861 e. The molecule has 0 aliphatic carbocycles. The monoisotopic (exact) mass is 205 g/mol. The van der Waals surface area contributed by atoms with Gasteiger partial charge in [0.1, 0.15) is 0 Å². The molecule has 4 heteroatoms. The summed E-state index contributed by atoms with van der Waals surface area (Å²) >= 11 is 1.74. The second-order valence-corrected chi connectivity index (χ2v) is 4.66. The summed E-state index contributed by atoms with van der Waals surface area (Å²) in [6.45, 7) is 2.15. The van der Waals surface area contributed by atoms with Gasteiger partial charge in [0, 0.05) is 5.75 Å². The van der Waals surface area contributed by atoms with Crippen LogP contribution in [0.5, 0.6) is 0 Å². The summed E-state index contributed by atoms with van der Waals surface area (Å²) in [6.07, 6.45) is 2.03. The maximum absolute atomic E-state index is 9.10. The van der Waals surface area contributed by atoms with Crippen LogP contribution in [0, 0.1) is 5.92 Å². The lowest BCUT2D eigenvalue weighted by atomic mass is 10.0. The van der Waals surface area contributed by atoms with E-state index in [2.05, 4.69) is 5.32 Å². The minimum atomic E-state index is -0.540. The van der Waals surface area contributed by atoms with Crippen molar-refractivity contribution in [3.05, 3.63) is 0 Å². The number of thioether (sulfide) groups is 1. The number of nitrogens with one attached hydrogen (secondary N) is 1. The molecule has 13 heavy (non-hydrogen) atoms. The molecule has 1 rings (SSSR count). The van der Waals surface area contributed by atoms with Crippen molar-refractivity contribution < 1.29 is 10.2 Å². The van der Waals surface area contributed by atoms with Crippen LogP contribution in [0.15, 0.2) is 0 Å². The van der Waals surface area contributed by atoms with Gasteiger partial charge in [-0.3, -0.25) is 0 Å². The minimum absolute atomic E-state index is 0.115. The number of piperidine rings is 1. The van der Waals surface area contributed by atoms with E-state index in [0.29, 0.717) is 5.75 Å². The summed E-state index contributed by atoms with van der Waals surface area (Å²) in [7, 11) is 0. The maximum atomic E-state index is 9.10. The van der Waals surface area contributed by atoms with Crippen LogP contribution in [0.1, 0.15) is 12.8 Å². The molecule has 1 aliphatic heterocycles. The van der Waals surface area contributed by atoms with E-state index >= 15 is 0 Å². The first-order valence-electron chi connectivity index (χ1n) is 4.90. The van der Waals surface area contributed by atoms with Crippen molar-refractivity contribution in [3.8, 4) is 0 Å². The number of hydrogen-bond donors (Lipinski definition) is 3. The van der Waals surface area contributed by atoms with Crippen molar-refractivity contribution in [2.75, 3.05) is 31.2 Å². The molecule has 0 amide bonds. The molecule has 0 bridgehead atoms. The largest absolute Gasteiger partial charge is 0.394 e. The summed E-state index contributed by atoms with van der Waals surface area (Å²) in [5, 5.41) is 21.1. The van der Waals surface area contributed by atoms with E-state index in [1.54, 1.807) is 11.8 Å². The Bertz CT molecular complexity index is 129. The number of rotatable bonds is 5. The molecule has 0 aromatic heterocycles. The molecular weight excluding hydrogens is 186 g/mol. The first-order valence-corrected chi connectivity index (χ1v) is 6.05. The molecule has 0 spiro atoms. The van der Waals surface area contributed by atoms with E-state index in [0.717, 1.165) is 24.8 Å². The van der Waals surface area contributed by atoms with Crippen molar-refractivity contribution >= 4 is 11.8 Å². The van der Waals surface area contributed by atoms with Crippen molar-refractivity contribution in [1.82, 2.24) is 5.32 Å². The molecule has 0 aromatic rings. The number of aliphatic hydroxyl groups is 2. The standard InChI is InChI=1S/C9H19NO2S/c11-5-9(12)7-13-6-8-2-1-3-10-4-8/h8-12H,1-7H2. The zero-order valence-corrected chi connectivity index (χ0v) is 8.72. The topological polar surface area (TPSA) is 52.5 Å². The third kappa shape index (κ3) is 4.86. The molecule has 78 valence electrons. The van der Waals surface area contributed by atoms with E-state index in [-0.39, 0.29) is 6.61 Å². The Balaban J connectivity index is 1.98. The van der Waals surface area contributed by atoms with Gasteiger partial charge in [-0.15, -0.1) is 0 Å². The normalized spacial score (nSPS) is 25.8. The van der Waals surface area contributed by atoms with E-state index in [1.807, 2.05) is 0 Å². The first kappa shape index (κ1) is 11.3. The van der Waals surface area contributed by atoms with Gasteiger partial charge in [0.2, 0.25) is 0 Å². The van der Waals surface area contributed by atoms with Gasteiger partial charge in [0.15, 0.2) is 0 Å². The third-order valence-corrected chi connectivity index (χ3v) is 3.60. The Morgan fingerprint density at radius 2 is 2.38 bits per heavy atom. The summed E-state index contributed by atoms with van der Waals surface area (Å²) in [5.41, 5.74) is 0. The Morgan fingerprint density at radius 3 is 3.00 bits per heavy atom. The van der Waals surface area contributed by atoms with Gasteiger partial charge >= 0.3 is 0 Å². The fourth-order valence-corrected chi connectivity index (χ4v) is 2.62. The quantitative estimate of drug-likeness (QED) is 0.595. The van der Waals surface area contributed by atoms with Crippen LogP contribution in [0.4, 0.5) is 0 Å². The molecule has 0 radical (unpaired) electrons. The lowest BCUT2D eigenvalue weighted by molar-refractivity contribution is 0.113. The molecule has 3 nitrogen and oxygen atoms in total. The Kier molecular flexibility index (Phi) is 5.78. The SMILES string of the molecule is OCC(O)CSCC1CCCNC1. The maximum Gasteiger partial charge on any atom is 0.0861 e. The number of hydrogen-bond acceptors (Lipinski definition) is 4. The molecular formula is C9H19NO2S. The van der Waals surface area contributed by atoms with E-state index < -0.39 is 6.10 Å². The van der Waals surface area contributed by atoms with Crippen molar-refractivity contribution in [2.24, 2.45) is 5.92 Å². The average molecular weight is 205 g/mol. The van der Waals surface area contributed by atoms with Gasteiger partial charge in [0.05, 0.1) is 12.7 Å². The van der Waals surface area contributed by atoms with Crippen LogP contribution in [-0.2, 0) is 0 Å². The second kappa shape index (κ2) is 6.65. The molecule has 2 atom stereocenters. The lowest BCUT2D eigenvalue weighted by Gasteiger charge is -2.22. The second-order valence-electron chi connectivity index (χ2n) is 3.59. The predicted molar refractivity (Wildman–Crippen MR) is 56.0 cm³/mol. The highest BCUT2D eigenvalue weighted by molar-refractivity contribution is 7.99. The van der Waals surface area contributed by atoms with E-state index in [1.165, 1.54) is 12.8 Å². The highest BCUT2D eigenvalue weighted by Crippen LogP contribution is 2.16. The van der Waals surface area contributed by atoms with Gasteiger partial charge in [-0.05, 0) is 37.6 Å². The molecule has 1 heterocycles. The molecule has 1 saturated heterocycles. The predicted octanol–water partition coefficient (Wildman–Crippen LogP) is 0.0724. The Hall–Kier alpha value is 0.230. The van der Waals surface area contributed by atoms with E-state index in [4.69, 9.17) is 10.2 Å². The Morgan fingerprint density at radius 1 is 1.54 bits per heavy atom. The third-order valence-electron chi connectivity index (χ3n) is 2.27.